The molecule has 2 aromatic carbocycles. The molecular weight excluding hydrogens is 446 g/mol. The van der Waals surface area contributed by atoms with Gasteiger partial charge in [-0.15, -0.1) is 0 Å². The van der Waals surface area contributed by atoms with Crippen molar-refractivity contribution in [2.45, 2.75) is 6.92 Å². The molecule has 0 aliphatic carbocycles. The lowest BCUT2D eigenvalue weighted by Gasteiger charge is -2.19. The van der Waals surface area contributed by atoms with E-state index in [1.54, 1.807) is 56.4 Å². The van der Waals surface area contributed by atoms with Crippen molar-refractivity contribution in [3.05, 3.63) is 86.5 Å². The fourth-order valence-corrected chi connectivity index (χ4v) is 4.17. The number of carbonyl (C=O) groups excluding carboxylic acids is 1. The number of nitro benzene ring substituents is 1. The predicted octanol–water partition coefficient (Wildman–Crippen LogP) is 4.97. The molecule has 1 amide bonds. The molecule has 0 bridgehead atoms. The number of benzene rings is 2. The first-order chi connectivity index (χ1) is 15.7. The number of anilines is 1. The molecule has 166 valence electrons. The van der Waals surface area contributed by atoms with E-state index in [1.165, 1.54) is 23.1 Å². The minimum Gasteiger partial charge on any atom is -0.478 e. The van der Waals surface area contributed by atoms with Gasteiger partial charge in [0.2, 0.25) is 0 Å². The lowest BCUT2D eigenvalue weighted by atomic mass is 10.1. The van der Waals surface area contributed by atoms with Crippen LogP contribution in [0.2, 0.25) is 0 Å². The standard InChI is InChI=1S/C23H17N3O6S/c1-13-7-9-15(18(11-13)26(30)31)19-10-8-14(32-19)12-20-21(27)24-23(33-20)25(2)17-6-4-3-5-16(17)22(28)29/h3-12H,1-2H3,(H,28,29)/b20-12+. The van der Waals surface area contributed by atoms with E-state index in [4.69, 9.17) is 4.42 Å². The Morgan fingerprint density at radius 3 is 2.70 bits per heavy atom. The van der Waals surface area contributed by atoms with Gasteiger partial charge in [0.15, 0.2) is 5.17 Å². The normalized spacial score (nSPS) is 14.4. The number of thioether (sulfide) groups is 1. The molecule has 0 radical (unpaired) electrons. The number of carboxylic acids is 1. The number of aryl methyl sites for hydroxylation is 1. The van der Waals surface area contributed by atoms with Crippen LogP contribution in [0, 0.1) is 17.0 Å². The molecule has 0 unspecified atom stereocenters. The summed E-state index contributed by atoms with van der Waals surface area (Å²) in [4.78, 5) is 40.7. The molecule has 0 atom stereocenters. The first-order valence-electron chi connectivity index (χ1n) is 9.68. The fourth-order valence-electron chi connectivity index (χ4n) is 3.30. The molecule has 0 fully saturated rings. The summed E-state index contributed by atoms with van der Waals surface area (Å²) in [5.74, 6) is -0.941. The molecule has 2 heterocycles. The van der Waals surface area contributed by atoms with Crippen molar-refractivity contribution in [1.29, 1.82) is 0 Å². The Morgan fingerprint density at radius 2 is 1.97 bits per heavy atom. The van der Waals surface area contributed by atoms with Crippen molar-refractivity contribution < 1.29 is 24.0 Å². The molecule has 9 nitrogen and oxygen atoms in total. The number of aliphatic imine (C=N–C) groups is 1. The van der Waals surface area contributed by atoms with E-state index in [1.807, 2.05) is 0 Å². The Bertz CT molecular complexity index is 1360. The molecule has 4 rings (SSSR count). The molecule has 0 saturated carbocycles. The first-order valence-corrected chi connectivity index (χ1v) is 10.5. The molecule has 10 heteroatoms. The van der Waals surface area contributed by atoms with Gasteiger partial charge in [0, 0.05) is 19.2 Å². The maximum absolute atomic E-state index is 12.5. The van der Waals surface area contributed by atoms with Gasteiger partial charge in [0.1, 0.15) is 11.5 Å². The zero-order valence-corrected chi connectivity index (χ0v) is 18.3. The van der Waals surface area contributed by atoms with Gasteiger partial charge in [0.05, 0.1) is 26.6 Å². The summed E-state index contributed by atoms with van der Waals surface area (Å²) >= 11 is 1.08. The zero-order chi connectivity index (χ0) is 23.7. The third-order valence-corrected chi connectivity index (χ3v) is 5.97. The maximum atomic E-state index is 12.5. The minimum atomic E-state index is -1.09. The summed E-state index contributed by atoms with van der Waals surface area (Å²) in [5, 5.41) is 21.1. The molecule has 0 spiro atoms. The van der Waals surface area contributed by atoms with Gasteiger partial charge >= 0.3 is 5.97 Å². The Labute approximate surface area is 192 Å². The van der Waals surface area contributed by atoms with Crippen LogP contribution in [0.15, 0.2) is 68.9 Å². The second kappa shape index (κ2) is 8.75. The van der Waals surface area contributed by atoms with Crippen molar-refractivity contribution in [3.63, 3.8) is 0 Å². The lowest BCUT2D eigenvalue weighted by Crippen LogP contribution is -2.24. The van der Waals surface area contributed by atoms with E-state index < -0.39 is 16.8 Å². The minimum absolute atomic E-state index is 0.0702. The maximum Gasteiger partial charge on any atom is 0.337 e. The second-order valence-electron chi connectivity index (χ2n) is 7.17. The highest BCUT2D eigenvalue weighted by molar-refractivity contribution is 8.18. The van der Waals surface area contributed by atoms with Gasteiger partial charge < -0.3 is 14.4 Å². The van der Waals surface area contributed by atoms with Crippen LogP contribution in [0.4, 0.5) is 11.4 Å². The first kappa shape index (κ1) is 22.0. The topological polar surface area (TPSA) is 126 Å². The van der Waals surface area contributed by atoms with Crippen LogP contribution in [0.5, 0.6) is 0 Å². The molecule has 1 aliphatic heterocycles. The Kier molecular flexibility index (Phi) is 5.84. The molecular formula is C23H17N3O6S. The summed E-state index contributed by atoms with van der Waals surface area (Å²) in [6.45, 7) is 1.77. The van der Waals surface area contributed by atoms with E-state index >= 15 is 0 Å². The summed E-state index contributed by atoms with van der Waals surface area (Å²) in [5.41, 5.74) is 1.51. The number of furan rings is 1. The molecule has 3 aromatic rings. The number of amides is 1. The van der Waals surface area contributed by atoms with Gasteiger partial charge in [-0.25, -0.2) is 4.79 Å². The largest absolute Gasteiger partial charge is 0.478 e. The van der Waals surface area contributed by atoms with Crippen LogP contribution < -0.4 is 4.90 Å². The Morgan fingerprint density at radius 1 is 1.21 bits per heavy atom. The number of hydrogen-bond donors (Lipinski definition) is 1. The van der Waals surface area contributed by atoms with E-state index in [2.05, 4.69) is 4.99 Å². The van der Waals surface area contributed by atoms with Crippen LogP contribution >= 0.6 is 11.8 Å². The van der Waals surface area contributed by atoms with Crippen LogP contribution in [-0.2, 0) is 4.79 Å². The van der Waals surface area contributed by atoms with Crippen molar-refractivity contribution in [2.24, 2.45) is 4.99 Å². The summed E-state index contributed by atoms with van der Waals surface area (Å²) in [6, 6.07) is 14.5. The summed E-state index contributed by atoms with van der Waals surface area (Å²) in [7, 11) is 1.63. The van der Waals surface area contributed by atoms with Gasteiger partial charge in [-0.1, -0.05) is 18.2 Å². The Balaban J connectivity index is 1.59. The summed E-state index contributed by atoms with van der Waals surface area (Å²) < 4.78 is 5.75. The number of nitrogens with zero attached hydrogens (tertiary/aromatic N) is 3. The average Bonchev–Trinajstić information content (AvgIpc) is 3.40. The zero-order valence-electron chi connectivity index (χ0n) is 17.5. The van der Waals surface area contributed by atoms with Crippen LogP contribution in [-0.4, -0.2) is 34.1 Å². The number of aromatic carboxylic acids is 1. The van der Waals surface area contributed by atoms with Crippen molar-refractivity contribution in [2.75, 3.05) is 11.9 Å². The van der Waals surface area contributed by atoms with Crippen molar-refractivity contribution >= 4 is 46.3 Å². The smallest absolute Gasteiger partial charge is 0.337 e. The van der Waals surface area contributed by atoms with Crippen LogP contribution in [0.3, 0.4) is 0 Å². The Hall–Kier alpha value is -4.18. The quantitative estimate of drug-likeness (QED) is 0.319. The average molecular weight is 463 g/mol. The lowest BCUT2D eigenvalue weighted by molar-refractivity contribution is -0.384. The van der Waals surface area contributed by atoms with Gasteiger partial charge in [0.25, 0.3) is 11.6 Å². The van der Waals surface area contributed by atoms with Gasteiger partial charge in [-0.3, -0.25) is 14.9 Å². The number of carbonyl (C=O) groups is 2. The monoisotopic (exact) mass is 463 g/mol. The highest BCUT2D eigenvalue weighted by Crippen LogP contribution is 2.35. The highest BCUT2D eigenvalue weighted by Gasteiger charge is 2.27. The molecule has 1 aliphatic rings. The molecule has 33 heavy (non-hydrogen) atoms. The molecule has 1 N–H and O–H groups in total. The van der Waals surface area contributed by atoms with Crippen molar-refractivity contribution in [3.8, 4) is 11.3 Å². The number of nitro groups is 1. The highest BCUT2D eigenvalue weighted by atomic mass is 32.2. The van der Waals surface area contributed by atoms with Gasteiger partial charge in [-0.2, -0.15) is 4.99 Å². The van der Waals surface area contributed by atoms with E-state index in [9.17, 15) is 24.8 Å². The predicted molar refractivity (Wildman–Crippen MR) is 125 cm³/mol. The number of carboxylic acid groups (broad SMARTS) is 1. The fraction of sp³-hybridized carbons (Fsp3) is 0.0870. The number of amidine groups is 1. The van der Waals surface area contributed by atoms with Crippen molar-refractivity contribution in [1.82, 2.24) is 0 Å². The van der Waals surface area contributed by atoms with Gasteiger partial charge in [-0.05, 0) is 54.6 Å². The number of para-hydroxylation sites is 1. The second-order valence-corrected chi connectivity index (χ2v) is 8.18. The third kappa shape index (κ3) is 4.41. The third-order valence-electron chi connectivity index (χ3n) is 4.91. The molecule has 1 aromatic heterocycles. The number of rotatable bonds is 5. The molecule has 0 saturated heterocycles. The van der Waals surface area contributed by atoms with Crippen LogP contribution in [0.25, 0.3) is 17.4 Å². The van der Waals surface area contributed by atoms with E-state index in [0.29, 0.717) is 27.9 Å². The van der Waals surface area contributed by atoms with Crippen LogP contribution in [0.1, 0.15) is 21.7 Å². The van der Waals surface area contributed by atoms with E-state index in [0.717, 1.165) is 17.3 Å². The number of hydrogen-bond acceptors (Lipinski definition) is 7. The summed E-state index contributed by atoms with van der Waals surface area (Å²) in [6.07, 6.45) is 1.50. The van der Waals surface area contributed by atoms with E-state index in [-0.39, 0.29) is 16.2 Å². The SMILES string of the molecule is Cc1ccc(-c2ccc(/C=C3/SC(N(C)c4ccccc4C(=O)O)=NC3=O)o2)c([N+](=O)[O-])c1.